The number of rotatable bonds is 4. The fourth-order valence-electron chi connectivity index (χ4n) is 1.98. The average molecular weight is 262 g/mol. The van der Waals surface area contributed by atoms with Gasteiger partial charge in [-0.2, -0.15) is 0 Å². The molecule has 1 aromatic carbocycles. The lowest BCUT2D eigenvalue weighted by Gasteiger charge is -2.30. The van der Waals surface area contributed by atoms with Crippen LogP contribution in [-0.2, 0) is 0 Å². The molecule has 0 aromatic heterocycles. The van der Waals surface area contributed by atoms with E-state index in [1.165, 1.54) is 0 Å². The van der Waals surface area contributed by atoms with Gasteiger partial charge in [-0.15, -0.1) is 0 Å². The van der Waals surface area contributed by atoms with Gasteiger partial charge >= 0.3 is 0 Å². The van der Waals surface area contributed by atoms with Crippen LogP contribution in [0.3, 0.4) is 0 Å². The summed E-state index contributed by atoms with van der Waals surface area (Å²) < 4.78 is 17.4. The Labute approximate surface area is 115 Å². The lowest BCUT2D eigenvalue weighted by Crippen LogP contribution is -2.28. The number of methoxy groups -OCH3 is 1. The van der Waals surface area contributed by atoms with Gasteiger partial charge in [0.05, 0.1) is 18.8 Å². The average Bonchev–Trinajstić information content (AvgIpc) is 2.38. The van der Waals surface area contributed by atoms with Crippen molar-refractivity contribution in [3.8, 4) is 17.2 Å². The highest BCUT2D eigenvalue weighted by Gasteiger charge is 2.27. The van der Waals surface area contributed by atoms with Gasteiger partial charge in [0.1, 0.15) is 11.4 Å². The summed E-state index contributed by atoms with van der Waals surface area (Å²) in [6.45, 7) is 8.21. The zero-order chi connectivity index (χ0) is 14.0. The molecule has 1 aliphatic rings. The fourth-order valence-corrected chi connectivity index (χ4v) is 1.98. The van der Waals surface area contributed by atoms with E-state index in [4.69, 9.17) is 14.2 Å². The smallest absolute Gasteiger partial charge is 0.173 e. The molecule has 0 N–H and O–H groups in total. The lowest BCUT2D eigenvalue weighted by atomic mass is 10.0. The third-order valence-electron chi connectivity index (χ3n) is 3.26. The molecule has 0 aliphatic carbocycles. The summed E-state index contributed by atoms with van der Waals surface area (Å²) >= 11 is 0. The van der Waals surface area contributed by atoms with E-state index < -0.39 is 0 Å². The zero-order valence-corrected chi connectivity index (χ0v) is 12.3. The topological polar surface area (TPSA) is 27.7 Å². The van der Waals surface area contributed by atoms with Gasteiger partial charge in [-0.05, 0) is 51.5 Å². The molecular formula is C16H22O3. The maximum atomic E-state index is 6.05. The van der Waals surface area contributed by atoms with Crippen LogP contribution in [0, 0.1) is 0 Å². The number of fused-ring (bicyclic) bond motifs is 1. The second-order valence-corrected chi connectivity index (χ2v) is 5.38. The van der Waals surface area contributed by atoms with Crippen LogP contribution in [0.15, 0.2) is 18.2 Å². The van der Waals surface area contributed by atoms with Crippen molar-refractivity contribution in [1.82, 2.24) is 0 Å². The summed E-state index contributed by atoms with van der Waals surface area (Å²) in [4.78, 5) is 0. The zero-order valence-electron chi connectivity index (χ0n) is 12.3. The van der Waals surface area contributed by atoms with Crippen molar-refractivity contribution in [3.05, 3.63) is 23.8 Å². The molecule has 3 heteroatoms. The Kier molecular flexibility index (Phi) is 3.74. The van der Waals surface area contributed by atoms with Crippen LogP contribution in [-0.4, -0.2) is 18.8 Å². The Balaban J connectivity index is 2.45. The van der Waals surface area contributed by atoms with Crippen molar-refractivity contribution in [2.45, 2.75) is 45.8 Å². The van der Waals surface area contributed by atoms with Gasteiger partial charge in [0.2, 0.25) is 0 Å². The van der Waals surface area contributed by atoms with E-state index in [0.29, 0.717) is 0 Å². The third kappa shape index (κ3) is 2.86. The van der Waals surface area contributed by atoms with E-state index >= 15 is 0 Å². The molecule has 1 aliphatic heterocycles. The predicted octanol–water partition coefficient (Wildman–Crippen LogP) is 4.06. The molecule has 3 nitrogen and oxygen atoms in total. The van der Waals surface area contributed by atoms with Crippen LogP contribution in [0.1, 0.15) is 39.7 Å². The van der Waals surface area contributed by atoms with Crippen molar-refractivity contribution < 1.29 is 14.2 Å². The minimum atomic E-state index is -0.326. The maximum Gasteiger partial charge on any atom is 0.173 e. The normalized spacial score (nSPS) is 17.3. The van der Waals surface area contributed by atoms with Crippen LogP contribution in [0.25, 0.3) is 6.08 Å². The molecule has 0 radical (unpaired) electrons. The molecule has 1 heterocycles. The summed E-state index contributed by atoms with van der Waals surface area (Å²) in [7, 11) is 1.67. The molecule has 104 valence electrons. The third-order valence-corrected chi connectivity index (χ3v) is 3.26. The van der Waals surface area contributed by atoms with E-state index in [9.17, 15) is 0 Å². The minimum absolute atomic E-state index is 0.162. The maximum absolute atomic E-state index is 6.05. The first-order chi connectivity index (χ1) is 8.96. The predicted molar refractivity (Wildman–Crippen MR) is 77.1 cm³/mol. The molecule has 0 saturated heterocycles. The Hall–Kier alpha value is -1.64. The van der Waals surface area contributed by atoms with E-state index in [0.717, 1.165) is 29.2 Å². The van der Waals surface area contributed by atoms with Crippen LogP contribution >= 0.6 is 0 Å². The van der Waals surface area contributed by atoms with Crippen molar-refractivity contribution in [1.29, 1.82) is 0 Å². The lowest BCUT2D eigenvalue weighted by molar-refractivity contribution is 0.139. The first-order valence-corrected chi connectivity index (χ1v) is 6.72. The Morgan fingerprint density at radius 1 is 1.26 bits per heavy atom. The molecular weight excluding hydrogens is 240 g/mol. The highest BCUT2D eigenvalue weighted by molar-refractivity contribution is 5.71. The fraction of sp³-hybridized carbons (Fsp3) is 0.500. The monoisotopic (exact) mass is 262 g/mol. The summed E-state index contributed by atoms with van der Waals surface area (Å²) in [6.07, 6.45) is 5.20. The van der Waals surface area contributed by atoms with Crippen LogP contribution in [0.2, 0.25) is 0 Å². The second-order valence-electron chi connectivity index (χ2n) is 5.38. The first kappa shape index (κ1) is 13.8. The molecule has 0 bridgehead atoms. The quantitative estimate of drug-likeness (QED) is 0.819. The van der Waals surface area contributed by atoms with Gasteiger partial charge < -0.3 is 14.2 Å². The SMILES string of the molecule is CCC(C)Oc1ccc(OC)c2c1OC(C)(C)C=C2. The molecule has 0 saturated carbocycles. The second kappa shape index (κ2) is 5.16. The molecule has 2 rings (SSSR count). The largest absolute Gasteiger partial charge is 0.496 e. The molecule has 1 unspecified atom stereocenters. The van der Waals surface area contributed by atoms with Crippen molar-refractivity contribution >= 4 is 6.08 Å². The molecule has 0 amide bonds. The summed E-state index contributed by atoms with van der Waals surface area (Å²) in [5.41, 5.74) is 0.620. The Morgan fingerprint density at radius 3 is 2.58 bits per heavy atom. The van der Waals surface area contributed by atoms with Gasteiger partial charge in [0, 0.05) is 0 Å². The first-order valence-electron chi connectivity index (χ1n) is 6.72. The Bertz CT molecular complexity index is 489. The summed E-state index contributed by atoms with van der Waals surface area (Å²) in [6, 6.07) is 3.83. The van der Waals surface area contributed by atoms with E-state index in [1.54, 1.807) is 7.11 Å². The molecule has 0 fully saturated rings. The molecule has 0 spiro atoms. The molecule has 19 heavy (non-hydrogen) atoms. The highest BCUT2D eigenvalue weighted by Crippen LogP contribution is 2.43. The van der Waals surface area contributed by atoms with Gasteiger partial charge in [-0.3, -0.25) is 0 Å². The van der Waals surface area contributed by atoms with Gasteiger partial charge in [0.25, 0.3) is 0 Å². The highest BCUT2D eigenvalue weighted by atomic mass is 16.5. The number of hydrogen-bond donors (Lipinski definition) is 0. The van der Waals surface area contributed by atoms with Crippen LogP contribution in [0.5, 0.6) is 17.2 Å². The number of ether oxygens (including phenoxy) is 3. The van der Waals surface area contributed by atoms with Crippen molar-refractivity contribution in [2.24, 2.45) is 0 Å². The van der Waals surface area contributed by atoms with Crippen molar-refractivity contribution in [3.63, 3.8) is 0 Å². The summed E-state index contributed by atoms with van der Waals surface area (Å²) in [5.74, 6) is 2.35. The minimum Gasteiger partial charge on any atom is -0.496 e. The standard InChI is InChI=1S/C16H22O3/c1-6-11(2)18-14-8-7-13(17-5)12-9-10-16(3,4)19-15(12)14/h7-11H,6H2,1-5H3. The van der Waals surface area contributed by atoms with Gasteiger partial charge in [0.15, 0.2) is 11.5 Å². The van der Waals surface area contributed by atoms with E-state index in [1.807, 2.05) is 38.1 Å². The van der Waals surface area contributed by atoms with Gasteiger partial charge in [-0.1, -0.05) is 6.92 Å². The number of hydrogen-bond acceptors (Lipinski definition) is 3. The van der Waals surface area contributed by atoms with Crippen LogP contribution < -0.4 is 14.2 Å². The van der Waals surface area contributed by atoms with E-state index in [-0.39, 0.29) is 11.7 Å². The van der Waals surface area contributed by atoms with Crippen LogP contribution in [0.4, 0.5) is 0 Å². The number of benzene rings is 1. The van der Waals surface area contributed by atoms with E-state index in [2.05, 4.69) is 13.8 Å². The molecule has 1 aromatic rings. The van der Waals surface area contributed by atoms with Gasteiger partial charge in [-0.25, -0.2) is 0 Å². The molecule has 1 atom stereocenters. The summed E-state index contributed by atoms with van der Waals surface area (Å²) in [5, 5.41) is 0. The Morgan fingerprint density at radius 2 is 1.95 bits per heavy atom. The van der Waals surface area contributed by atoms with Crippen molar-refractivity contribution in [2.75, 3.05) is 7.11 Å².